The third kappa shape index (κ3) is 4.14. The molecule has 0 saturated heterocycles. The molecule has 0 aliphatic carbocycles. The third-order valence-electron chi connectivity index (χ3n) is 4.33. The van der Waals surface area contributed by atoms with Crippen molar-refractivity contribution in [2.45, 2.75) is 26.0 Å². The van der Waals surface area contributed by atoms with E-state index in [1.54, 1.807) is 19.2 Å². The lowest BCUT2D eigenvalue weighted by Crippen LogP contribution is -2.37. The molecule has 3 aromatic carbocycles. The zero-order valence-electron chi connectivity index (χ0n) is 15.1. The van der Waals surface area contributed by atoms with Gasteiger partial charge in [0.1, 0.15) is 11.5 Å². The quantitative estimate of drug-likeness (QED) is 0.691. The predicted octanol–water partition coefficient (Wildman–Crippen LogP) is 4.32. The van der Waals surface area contributed by atoms with Crippen LogP contribution < -0.4 is 14.8 Å². The molecule has 0 saturated carbocycles. The molecule has 1 N–H and O–H groups in total. The topological polar surface area (TPSA) is 47.6 Å². The number of rotatable bonds is 7. The summed E-state index contributed by atoms with van der Waals surface area (Å²) in [5, 5.41) is 5.32. The van der Waals surface area contributed by atoms with Crippen LogP contribution in [0.5, 0.6) is 11.5 Å². The second-order valence-electron chi connectivity index (χ2n) is 6.05. The van der Waals surface area contributed by atoms with Crippen molar-refractivity contribution in [2.75, 3.05) is 7.11 Å². The highest BCUT2D eigenvalue weighted by molar-refractivity contribution is 5.86. The van der Waals surface area contributed by atoms with Crippen LogP contribution in [0.1, 0.15) is 18.9 Å². The van der Waals surface area contributed by atoms with Crippen LogP contribution in [0, 0.1) is 0 Å². The van der Waals surface area contributed by atoms with Crippen LogP contribution in [0.15, 0.2) is 66.7 Å². The van der Waals surface area contributed by atoms with Gasteiger partial charge in [0.05, 0.1) is 7.11 Å². The summed E-state index contributed by atoms with van der Waals surface area (Å²) >= 11 is 0. The molecule has 0 aromatic heterocycles. The van der Waals surface area contributed by atoms with Crippen molar-refractivity contribution < 1.29 is 14.3 Å². The molecule has 3 rings (SSSR count). The average molecular weight is 349 g/mol. The summed E-state index contributed by atoms with van der Waals surface area (Å²) in [6, 6.07) is 21.5. The summed E-state index contributed by atoms with van der Waals surface area (Å²) in [6.45, 7) is 2.41. The Morgan fingerprint density at radius 3 is 2.38 bits per heavy atom. The van der Waals surface area contributed by atoms with Gasteiger partial charge in [-0.25, -0.2) is 0 Å². The molecule has 1 unspecified atom stereocenters. The fraction of sp³-hybridized carbons (Fsp3) is 0.227. The molecule has 4 heteroatoms. The number of carbonyl (C=O) groups excluding carboxylic acids is 1. The molecule has 26 heavy (non-hydrogen) atoms. The normalized spacial score (nSPS) is 11.8. The van der Waals surface area contributed by atoms with E-state index in [2.05, 4.69) is 23.5 Å². The Kier molecular flexibility index (Phi) is 5.74. The minimum absolute atomic E-state index is 0.115. The number of carbonyl (C=O) groups is 1. The lowest BCUT2D eigenvalue weighted by molar-refractivity contribution is -0.128. The highest BCUT2D eigenvalue weighted by Gasteiger charge is 2.18. The molecular weight excluding hydrogens is 326 g/mol. The maximum absolute atomic E-state index is 12.6. The largest absolute Gasteiger partial charge is 0.497 e. The molecule has 4 nitrogen and oxygen atoms in total. The highest BCUT2D eigenvalue weighted by atomic mass is 16.5. The first-order valence-electron chi connectivity index (χ1n) is 8.76. The van der Waals surface area contributed by atoms with E-state index < -0.39 is 6.10 Å². The first kappa shape index (κ1) is 17.8. The Labute approximate surface area is 153 Å². The minimum atomic E-state index is -0.529. The molecule has 0 aliphatic heterocycles. The van der Waals surface area contributed by atoms with Gasteiger partial charge in [0.25, 0.3) is 5.91 Å². The Morgan fingerprint density at radius 1 is 0.962 bits per heavy atom. The number of nitrogens with one attached hydrogen (secondary N) is 1. The van der Waals surface area contributed by atoms with Crippen LogP contribution in [-0.2, 0) is 11.3 Å². The number of fused-ring (bicyclic) bond motifs is 1. The van der Waals surface area contributed by atoms with E-state index in [-0.39, 0.29) is 5.91 Å². The zero-order valence-corrected chi connectivity index (χ0v) is 15.1. The van der Waals surface area contributed by atoms with Crippen molar-refractivity contribution in [2.24, 2.45) is 0 Å². The summed E-state index contributed by atoms with van der Waals surface area (Å²) < 4.78 is 11.0. The first-order valence-corrected chi connectivity index (χ1v) is 8.76. The van der Waals surface area contributed by atoms with Crippen LogP contribution in [0.25, 0.3) is 10.8 Å². The average Bonchev–Trinajstić information content (AvgIpc) is 2.70. The standard InChI is InChI=1S/C22H23NO3/c1-3-21(26-19-13-11-18(25-2)12-14-19)22(24)23-15-17-9-6-8-16-7-4-5-10-20(16)17/h4-14,21H,3,15H2,1-2H3,(H,23,24). The van der Waals surface area contributed by atoms with Gasteiger partial charge in [0.2, 0.25) is 0 Å². The second kappa shape index (κ2) is 8.39. The minimum Gasteiger partial charge on any atom is -0.497 e. The van der Waals surface area contributed by atoms with Gasteiger partial charge in [0.15, 0.2) is 6.10 Å². The SMILES string of the molecule is CCC(Oc1ccc(OC)cc1)C(=O)NCc1cccc2ccccc12. The van der Waals surface area contributed by atoms with Crippen molar-refractivity contribution in [3.63, 3.8) is 0 Å². The number of amides is 1. The van der Waals surface area contributed by atoms with Crippen molar-refractivity contribution in [1.29, 1.82) is 0 Å². The predicted molar refractivity (Wildman–Crippen MR) is 103 cm³/mol. The number of methoxy groups -OCH3 is 1. The summed E-state index contributed by atoms with van der Waals surface area (Å²) in [5.41, 5.74) is 1.09. The number of ether oxygens (including phenoxy) is 2. The van der Waals surface area contributed by atoms with Gasteiger partial charge in [-0.15, -0.1) is 0 Å². The molecule has 1 atom stereocenters. The van der Waals surface area contributed by atoms with Crippen molar-refractivity contribution in [1.82, 2.24) is 5.32 Å². The first-order chi connectivity index (χ1) is 12.7. The number of hydrogen-bond donors (Lipinski definition) is 1. The van der Waals surface area contributed by atoms with E-state index in [0.29, 0.717) is 18.7 Å². The highest BCUT2D eigenvalue weighted by Crippen LogP contribution is 2.20. The van der Waals surface area contributed by atoms with E-state index in [0.717, 1.165) is 16.7 Å². The van der Waals surface area contributed by atoms with Crippen LogP contribution in [-0.4, -0.2) is 19.1 Å². The Morgan fingerprint density at radius 2 is 1.65 bits per heavy atom. The Balaban J connectivity index is 1.65. The maximum Gasteiger partial charge on any atom is 0.261 e. The maximum atomic E-state index is 12.6. The van der Waals surface area contributed by atoms with E-state index in [9.17, 15) is 4.79 Å². The summed E-state index contributed by atoms with van der Waals surface area (Å²) in [5.74, 6) is 1.29. The van der Waals surface area contributed by atoms with Crippen LogP contribution in [0.2, 0.25) is 0 Å². The molecule has 134 valence electrons. The molecule has 0 spiro atoms. The number of hydrogen-bond acceptors (Lipinski definition) is 3. The molecule has 0 bridgehead atoms. The van der Waals surface area contributed by atoms with Crippen LogP contribution >= 0.6 is 0 Å². The molecule has 0 heterocycles. The van der Waals surface area contributed by atoms with Crippen LogP contribution in [0.3, 0.4) is 0 Å². The molecule has 0 radical (unpaired) electrons. The zero-order chi connectivity index (χ0) is 18.4. The smallest absolute Gasteiger partial charge is 0.261 e. The molecule has 1 amide bonds. The molecule has 0 fully saturated rings. The van der Waals surface area contributed by atoms with Gasteiger partial charge in [-0.05, 0) is 47.0 Å². The van der Waals surface area contributed by atoms with E-state index in [4.69, 9.17) is 9.47 Å². The number of benzene rings is 3. The van der Waals surface area contributed by atoms with E-state index in [1.807, 2.05) is 43.3 Å². The Hall–Kier alpha value is -3.01. The lowest BCUT2D eigenvalue weighted by atomic mass is 10.0. The lowest BCUT2D eigenvalue weighted by Gasteiger charge is -2.18. The van der Waals surface area contributed by atoms with Gasteiger partial charge in [-0.3, -0.25) is 4.79 Å². The molecule has 0 aliphatic rings. The van der Waals surface area contributed by atoms with Gasteiger partial charge in [-0.1, -0.05) is 49.4 Å². The van der Waals surface area contributed by atoms with Gasteiger partial charge in [0, 0.05) is 6.54 Å². The summed E-state index contributed by atoms with van der Waals surface area (Å²) in [4.78, 5) is 12.6. The van der Waals surface area contributed by atoms with Gasteiger partial charge in [-0.2, -0.15) is 0 Å². The Bertz CT molecular complexity index is 869. The summed E-state index contributed by atoms with van der Waals surface area (Å²) in [6.07, 6.45) is 0.0614. The monoisotopic (exact) mass is 349 g/mol. The fourth-order valence-corrected chi connectivity index (χ4v) is 2.88. The van der Waals surface area contributed by atoms with Gasteiger partial charge < -0.3 is 14.8 Å². The van der Waals surface area contributed by atoms with E-state index in [1.165, 1.54) is 5.39 Å². The fourth-order valence-electron chi connectivity index (χ4n) is 2.88. The van der Waals surface area contributed by atoms with Crippen molar-refractivity contribution >= 4 is 16.7 Å². The second-order valence-corrected chi connectivity index (χ2v) is 6.05. The molecule has 3 aromatic rings. The van der Waals surface area contributed by atoms with Crippen molar-refractivity contribution in [3.05, 3.63) is 72.3 Å². The van der Waals surface area contributed by atoms with Crippen molar-refractivity contribution in [3.8, 4) is 11.5 Å². The van der Waals surface area contributed by atoms with E-state index >= 15 is 0 Å². The van der Waals surface area contributed by atoms with Gasteiger partial charge >= 0.3 is 0 Å². The summed E-state index contributed by atoms with van der Waals surface area (Å²) in [7, 11) is 1.62. The van der Waals surface area contributed by atoms with Crippen LogP contribution in [0.4, 0.5) is 0 Å². The molecular formula is C22H23NO3. The third-order valence-corrected chi connectivity index (χ3v) is 4.33.